The predicted molar refractivity (Wildman–Crippen MR) is 166 cm³/mol. The molecule has 0 amide bonds. The molecule has 2 unspecified atom stereocenters. The molecule has 2 saturated carbocycles. The van der Waals surface area contributed by atoms with Gasteiger partial charge >= 0.3 is 5.97 Å². The van der Waals surface area contributed by atoms with Crippen molar-refractivity contribution in [3.63, 3.8) is 0 Å². The lowest BCUT2D eigenvalue weighted by Gasteiger charge is -2.53. The summed E-state index contributed by atoms with van der Waals surface area (Å²) >= 11 is 21.2. The van der Waals surface area contributed by atoms with E-state index in [0.29, 0.717) is 44.5 Å². The molecule has 8 rings (SSSR count). The van der Waals surface area contributed by atoms with Crippen molar-refractivity contribution in [2.24, 2.45) is 5.41 Å². The second kappa shape index (κ2) is 9.83. The van der Waals surface area contributed by atoms with Gasteiger partial charge in [-0.05, 0) is 93.2 Å². The SMILES string of the molecule is CN(Cc1c(-c2c(Cl)cccc2Cl)noc1C1CC1)C1CC2(C1)CC1CCC2N1c1cc2snc(C(=O)O)c2cc1Cl. The average molecular weight is 644 g/mol. The first-order valence-corrected chi connectivity index (χ1v) is 16.4. The molecule has 4 aliphatic rings. The van der Waals surface area contributed by atoms with Crippen LogP contribution < -0.4 is 4.90 Å². The van der Waals surface area contributed by atoms with Gasteiger partial charge in [-0.1, -0.05) is 46.0 Å². The van der Waals surface area contributed by atoms with Crippen molar-refractivity contribution >= 4 is 68.1 Å². The van der Waals surface area contributed by atoms with E-state index in [9.17, 15) is 9.90 Å². The lowest BCUT2D eigenvalue weighted by molar-refractivity contribution is -0.00698. The number of hydrogen-bond donors (Lipinski definition) is 1. The molecule has 0 radical (unpaired) electrons. The number of carboxylic acids is 1. The molecule has 2 bridgehead atoms. The quantitative estimate of drug-likeness (QED) is 0.216. The van der Waals surface area contributed by atoms with Crippen LogP contribution in [0.2, 0.25) is 15.1 Å². The molecule has 7 nitrogen and oxygen atoms in total. The molecule has 4 heterocycles. The van der Waals surface area contributed by atoms with Crippen molar-refractivity contribution in [2.75, 3.05) is 11.9 Å². The Morgan fingerprint density at radius 1 is 1.12 bits per heavy atom. The minimum absolute atomic E-state index is 0.0758. The summed E-state index contributed by atoms with van der Waals surface area (Å²) in [7, 11) is 2.21. The Labute approximate surface area is 262 Å². The van der Waals surface area contributed by atoms with E-state index in [1.165, 1.54) is 18.0 Å². The van der Waals surface area contributed by atoms with Crippen molar-refractivity contribution in [1.82, 2.24) is 14.4 Å². The molecule has 2 aliphatic heterocycles. The van der Waals surface area contributed by atoms with Crippen molar-refractivity contribution in [1.29, 1.82) is 0 Å². The fourth-order valence-corrected chi connectivity index (χ4v) is 9.65. The zero-order chi connectivity index (χ0) is 28.9. The number of halogens is 3. The van der Waals surface area contributed by atoms with E-state index in [1.54, 1.807) is 6.07 Å². The molecule has 2 saturated heterocycles. The summed E-state index contributed by atoms with van der Waals surface area (Å²) in [6.07, 6.45) is 8.01. The van der Waals surface area contributed by atoms with Gasteiger partial charge in [0.15, 0.2) is 5.69 Å². The highest BCUT2D eigenvalue weighted by atomic mass is 35.5. The molecule has 1 N–H and O–H groups in total. The van der Waals surface area contributed by atoms with Gasteiger partial charge in [-0.25, -0.2) is 4.79 Å². The standard InChI is InChI=1S/C31H29Cl3N4O3S/c1-37(14-19-27(35-41-29(19)15-5-6-15)26-20(32)3-2-4-21(26)33)17-12-31(13-17)11-16-7-8-25(31)38(16)23-10-24-18(9-22(23)34)28(30(39)40)36-42-24/h2-4,9-10,15-17,25H,5-8,11-14H2,1H3,(H,39,40). The summed E-state index contributed by atoms with van der Waals surface area (Å²) in [5.74, 6) is 0.384. The summed E-state index contributed by atoms with van der Waals surface area (Å²) in [6.45, 7) is 0.741. The second-order valence-corrected chi connectivity index (χ2v) is 14.6. The smallest absolute Gasteiger partial charge is 0.356 e. The number of carbonyl (C=O) groups is 1. The van der Waals surface area contributed by atoms with Crippen LogP contribution in [0, 0.1) is 5.41 Å². The molecular formula is C31H29Cl3N4O3S. The normalized spacial score (nSPS) is 26.6. The first-order valence-electron chi connectivity index (χ1n) is 14.5. The maximum atomic E-state index is 11.6. The van der Waals surface area contributed by atoms with Gasteiger partial charge < -0.3 is 14.5 Å². The van der Waals surface area contributed by atoms with Crippen LogP contribution in [0.1, 0.15) is 72.7 Å². The van der Waals surface area contributed by atoms with Crippen LogP contribution >= 0.6 is 46.3 Å². The largest absolute Gasteiger partial charge is 0.476 e. The van der Waals surface area contributed by atoms with Gasteiger partial charge in [0.2, 0.25) is 0 Å². The maximum Gasteiger partial charge on any atom is 0.356 e. The molecule has 1 spiro atoms. The van der Waals surface area contributed by atoms with Gasteiger partial charge in [0.1, 0.15) is 11.5 Å². The topological polar surface area (TPSA) is 82.7 Å². The first kappa shape index (κ1) is 27.2. The number of anilines is 1. The zero-order valence-corrected chi connectivity index (χ0v) is 26.0. The minimum atomic E-state index is -1.02. The lowest BCUT2D eigenvalue weighted by Crippen LogP contribution is -2.54. The third-order valence-corrected chi connectivity index (χ3v) is 11.9. The molecule has 2 aromatic heterocycles. The molecule has 4 fully saturated rings. The fourth-order valence-electron chi connectivity index (χ4n) is 8.02. The summed E-state index contributed by atoms with van der Waals surface area (Å²) < 4.78 is 11.0. The predicted octanol–water partition coefficient (Wildman–Crippen LogP) is 8.51. The van der Waals surface area contributed by atoms with E-state index in [-0.39, 0.29) is 11.1 Å². The van der Waals surface area contributed by atoms with E-state index in [0.717, 1.165) is 78.0 Å². The maximum absolute atomic E-state index is 11.6. The highest BCUT2D eigenvalue weighted by molar-refractivity contribution is 7.13. The van der Waals surface area contributed by atoms with E-state index < -0.39 is 5.97 Å². The van der Waals surface area contributed by atoms with E-state index in [2.05, 4.69) is 32.4 Å². The monoisotopic (exact) mass is 642 g/mol. The van der Waals surface area contributed by atoms with E-state index in [4.69, 9.17) is 39.3 Å². The lowest BCUT2D eigenvalue weighted by atomic mass is 9.57. The van der Waals surface area contributed by atoms with E-state index in [1.807, 2.05) is 18.2 Å². The fraction of sp³-hybridized carbons (Fsp3) is 0.452. The van der Waals surface area contributed by atoms with Crippen LogP contribution in [0.3, 0.4) is 0 Å². The highest BCUT2D eigenvalue weighted by Gasteiger charge is 2.61. The Morgan fingerprint density at radius 3 is 2.60 bits per heavy atom. The van der Waals surface area contributed by atoms with Gasteiger partial charge in [-0.2, -0.15) is 4.37 Å². The number of rotatable bonds is 7. The van der Waals surface area contributed by atoms with Crippen molar-refractivity contribution in [2.45, 2.75) is 75.5 Å². The Bertz CT molecular complexity index is 1720. The van der Waals surface area contributed by atoms with Crippen LogP contribution in [-0.4, -0.2) is 50.7 Å². The molecule has 2 atom stereocenters. The number of benzene rings is 2. The molecule has 218 valence electrons. The summed E-state index contributed by atoms with van der Waals surface area (Å²) in [4.78, 5) is 16.6. The van der Waals surface area contributed by atoms with Gasteiger partial charge in [0.25, 0.3) is 0 Å². The number of aromatic carboxylic acids is 1. The Kier molecular flexibility index (Phi) is 6.37. The average Bonchev–Trinajstić information content (AvgIpc) is 3.24. The number of fused-ring (bicyclic) bond motifs is 4. The number of hydrogen-bond acceptors (Lipinski definition) is 7. The van der Waals surface area contributed by atoms with Crippen LogP contribution in [0.15, 0.2) is 34.9 Å². The summed E-state index contributed by atoms with van der Waals surface area (Å²) in [6, 6.07) is 10.7. The van der Waals surface area contributed by atoms with Crippen LogP contribution in [0.4, 0.5) is 5.69 Å². The van der Waals surface area contributed by atoms with Crippen LogP contribution in [0.5, 0.6) is 0 Å². The number of aromatic nitrogens is 2. The Balaban J connectivity index is 1.03. The molecule has 4 aromatic rings. The minimum Gasteiger partial charge on any atom is -0.476 e. The molecule has 42 heavy (non-hydrogen) atoms. The third kappa shape index (κ3) is 4.13. The molecular weight excluding hydrogens is 615 g/mol. The van der Waals surface area contributed by atoms with Crippen molar-refractivity contribution < 1.29 is 14.4 Å². The van der Waals surface area contributed by atoms with Gasteiger partial charge in [-0.3, -0.25) is 4.90 Å². The Morgan fingerprint density at radius 2 is 1.88 bits per heavy atom. The Hall–Kier alpha value is -2.36. The summed E-state index contributed by atoms with van der Waals surface area (Å²) in [5.41, 5.74) is 3.98. The molecule has 2 aromatic carbocycles. The van der Waals surface area contributed by atoms with E-state index >= 15 is 0 Å². The number of nitrogens with zero attached hydrogens (tertiary/aromatic N) is 4. The third-order valence-electron chi connectivity index (χ3n) is 10.2. The zero-order valence-electron chi connectivity index (χ0n) is 22.9. The molecule has 2 aliphatic carbocycles. The number of carboxylic acid groups (broad SMARTS) is 1. The highest BCUT2D eigenvalue weighted by Crippen LogP contribution is 2.62. The van der Waals surface area contributed by atoms with Crippen molar-refractivity contribution in [3.05, 3.63) is 62.4 Å². The van der Waals surface area contributed by atoms with Gasteiger partial charge in [-0.15, -0.1) is 0 Å². The summed E-state index contributed by atoms with van der Waals surface area (Å²) in [5, 5.41) is 16.4. The second-order valence-electron chi connectivity index (χ2n) is 12.6. The van der Waals surface area contributed by atoms with Crippen LogP contribution in [0.25, 0.3) is 21.3 Å². The molecule has 11 heteroatoms. The van der Waals surface area contributed by atoms with Crippen LogP contribution in [-0.2, 0) is 6.54 Å². The first-order chi connectivity index (χ1) is 20.2. The van der Waals surface area contributed by atoms with Gasteiger partial charge in [0.05, 0.1) is 25.5 Å². The van der Waals surface area contributed by atoms with Gasteiger partial charge in [0, 0.05) is 47.1 Å². The van der Waals surface area contributed by atoms with Crippen molar-refractivity contribution in [3.8, 4) is 11.3 Å².